The summed E-state index contributed by atoms with van der Waals surface area (Å²) in [5.41, 5.74) is 0.452. The molecule has 35 heavy (non-hydrogen) atoms. The number of ether oxygens (including phenoxy) is 3. The van der Waals surface area contributed by atoms with Crippen LogP contribution >= 0.6 is 0 Å². The molecule has 0 unspecified atom stereocenters. The zero-order valence-corrected chi connectivity index (χ0v) is 18.8. The SMILES string of the molecule is N#COc1ccc(Oc2ccc(S(=O)(=O)c3ccc(Oc4ccc(N=C=O)cc4)cc3)cc2)cc1. The topological polar surface area (TPSA) is 115 Å². The molecule has 0 aliphatic rings. The Morgan fingerprint density at radius 2 is 0.971 bits per heavy atom. The Hall–Kier alpha value is -4.90. The summed E-state index contributed by atoms with van der Waals surface area (Å²) < 4.78 is 42.1. The molecule has 8 nitrogen and oxygen atoms in total. The highest BCUT2D eigenvalue weighted by atomic mass is 32.2. The molecule has 0 aromatic heterocycles. The maximum atomic E-state index is 13.0. The fourth-order valence-electron chi connectivity index (χ4n) is 3.05. The molecule has 0 heterocycles. The molecule has 4 aromatic carbocycles. The average Bonchev–Trinajstić information content (AvgIpc) is 2.87. The maximum Gasteiger partial charge on any atom is 0.292 e. The van der Waals surface area contributed by atoms with E-state index in [0.29, 0.717) is 34.4 Å². The molecule has 0 saturated heterocycles. The van der Waals surface area contributed by atoms with Crippen molar-refractivity contribution < 1.29 is 27.4 Å². The van der Waals surface area contributed by atoms with Gasteiger partial charge in [0.15, 0.2) is 0 Å². The van der Waals surface area contributed by atoms with E-state index in [1.807, 2.05) is 0 Å². The summed E-state index contributed by atoms with van der Waals surface area (Å²) in [7, 11) is -3.75. The summed E-state index contributed by atoms with van der Waals surface area (Å²) in [6.45, 7) is 0. The van der Waals surface area contributed by atoms with E-state index in [1.165, 1.54) is 30.3 Å². The molecule has 0 aliphatic heterocycles. The van der Waals surface area contributed by atoms with Gasteiger partial charge >= 0.3 is 0 Å². The Kier molecular flexibility index (Phi) is 6.88. The monoisotopic (exact) mass is 484 g/mol. The fourth-order valence-corrected chi connectivity index (χ4v) is 4.31. The number of benzene rings is 4. The normalized spacial score (nSPS) is 10.5. The van der Waals surface area contributed by atoms with Crippen molar-refractivity contribution in [2.45, 2.75) is 9.79 Å². The van der Waals surface area contributed by atoms with Gasteiger partial charge in [-0.05, 0) is 97.1 Å². The van der Waals surface area contributed by atoms with Gasteiger partial charge in [0.1, 0.15) is 28.7 Å². The Bertz CT molecular complexity index is 1500. The summed E-state index contributed by atoms with van der Waals surface area (Å²) in [6, 6.07) is 25.0. The van der Waals surface area contributed by atoms with Crippen molar-refractivity contribution in [3.63, 3.8) is 0 Å². The van der Waals surface area contributed by atoms with Gasteiger partial charge in [-0.1, -0.05) is 0 Å². The van der Waals surface area contributed by atoms with E-state index in [1.54, 1.807) is 79.1 Å². The molecule has 172 valence electrons. The van der Waals surface area contributed by atoms with Crippen LogP contribution < -0.4 is 14.2 Å². The largest absolute Gasteiger partial charge is 0.457 e. The van der Waals surface area contributed by atoms with Crippen LogP contribution in [0.2, 0.25) is 0 Å². The van der Waals surface area contributed by atoms with E-state index < -0.39 is 9.84 Å². The summed E-state index contributed by atoms with van der Waals surface area (Å²) >= 11 is 0. The first-order valence-electron chi connectivity index (χ1n) is 10.1. The number of rotatable bonds is 8. The van der Waals surface area contributed by atoms with Crippen molar-refractivity contribution in [3.8, 4) is 35.0 Å². The van der Waals surface area contributed by atoms with Crippen molar-refractivity contribution in [1.29, 1.82) is 5.26 Å². The van der Waals surface area contributed by atoms with Crippen molar-refractivity contribution in [3.05, 3.63) is 97.1 Å². The number of nitriles is 1. The van der Waals surface area contributed by atoms with Gasteiger partial charge in [0, 0.05) is 0 Å². The Balaban J connectivity index is 1.44. The second-order valence-electron chi connectivity index (χ2n) is 7.01. The van der Waals surface area contributed by atoms with Crippen LogP contribution in [-0.4, -0.2) is 14.5 Å². The van der Waals surface area contributed by atoms with Crippen molar-refractivity contribution in [1.82, 2.24) is 0 Å². The molecular weight excluding hydrogens is 468 g/mol. The smallest absolute Gasteiger partial charge is 0.292 e. The lowest BCUT2D eigenvalue weighted by atomic mass is 10.3. The number of aliphatic imine (C=N–C) groups is 1. The zero-order chi connectivity index (χ0) is 24.7. The van der Waals surface area contributed by atoms with Gasteiger partial charge in [-0.2, -0.15) is 4.99 Å². The molecule has 0 atom stereocenters. The number of hydrogen-bond donors (Lipinski definition) is 0. The lowest BCUT2D eigenvalue weighted by molar-refractivity contribution is 0.476. The molecule has 0 spiro atoms. The third-order valence-electron chi connectivity index (χ3n) is 4.74. The second-order valence-corrected chi connectivity index (χ2v) is 8.96. The first kappa shape index (κ1) is 23.3. The highest BCUT2D eigenvalue weighted by Crippen LogP contribution is 2.29. The van der Waals surface area contributed by atoms with Crippen LogP contribution in [0.4, 0.5) is 5.69 Å². The zero-order valence-electron chi connectivity index (χ0n) is 18.0. The lowest BCUT2D eigenvalue weighted by Gasteiger charge is -2.09. The maximum absolute atomic E-state index is 13.0. The lowest BCUT2D eigenvalue weighted by Crippen LogP contribution is -2.01. The second kappa shape index (κ2) is 10.4. The minimum atomic E-state index is -3.75. The molecule has 0 saturated carbocycles. The van der Waals surface area contributed by atoms with Crippen LogP contribution in [0.15, 0.2) is 112 Å². The van der Waals surface area contributed by atoms with Crippen LogP contribution in [0.1, 0.15) is 0 Å². The van der Waals surface area contributed by atoms with Gasteiger partial charge < -0.3 is 14.2 Å². The van der Waals surface area contributed by atoms with E-state index in [4.69, 9.17) is 19.5 Å². The van der Waals surface area contributed by atoms with E-state index in [-0.39, 0.29) is 9.79 Å². The summed E-state index contributed by atoms with van der Waals surface area (Å²) in [6.07, 6.45) is 3.05. The fraction of sp³-hybridized carbons (Fsp3) is 0. The van der Waals surface area contributed by atoms with Crippen molar-refractivity contribution in [2.75, 3.05) is 0 Å². The Labute approximate surface area is 201 Å². The molecule has 0 radical (unpaired) electrons. The average molecular weight is 484 g/mol. The predicted octanol–water partition coefficient (Wildman–Crippen LogP) is 5.93. The standard InChI is InChI=1S/C26H16N2O6S/c27-17-32-20-5-7-22(8-6-20)34-24-11-15-26(16-12-24)35(30,31)25-13-9-23(10-14-25)33-21-3-1-19(2-4-21)28-18-29/h1-16H. The van der Waals surface area contributed by atoms with Crippen LogP contribution in [-0.2, 0) is 14.6 Å². The summed E-state index contributed by atoms with van der Waals surface area (Å²) in [4.78, 5) is 14.0. The van der Waals surface area contributed by atoms with E-state index in [2.05, 4.69) is 4.99 Å². The number of sulfone groups is 1. The quantitative estimate of drug-likeness (QED) is 0.173. The number of isocyanates is 1. The first-order chi connectivity index (χ1) is 17.0. The van der Waals surface area contributed by atoms with Gasteiger partial charge in [-0.15, -0.1) is 5.26 Å². The van der Waals surface area contributed by atoms with Gasteiger partial charge in [0.05, 0.1) is 15.5 Å². The first-order valence-corrected chi connectivity index (χ1v) is 11.6. The highest BCUT2D eigenvalue weighted by molar-refractivity contribution is 7.91. The minimum absolute atomic E-state index is 0.113. The third kappa shape index (κ3) is 5.72. The molecule has 0 amide bonds. The number of nitrogens with zero attached hydrogens (tertiary/aromatic N) is 2. The van der Waals surface area contributed by atoms with Crippen LogP contribution in [0.25, 0.3) is 0 Å². The summed E-state index contributed by atoms with van der Waals surface area (Å²) in [5, 5.41) is 8.52. The van der Waals surface area contributed by atoms with Gasteiger partial charge in [-0.25, -0.2) is 13.2 Å². The minimum Gasteiger partial charge on any atom is -0.457 e. The molecule has 0 aliphatic carbocycles. The van der Waals surface area contributed by atoms with Gasteiger partial charge in [0.25, 0.3) is 6.26 Å². The molecule has 0 bridgehead atoms. The molecule has 4 aromatic rings. The van der Waals surface area contributed by atoms with Crippen LogP contribution in [0.3, 0.4) is 0 Å². The van der Waals surface area contributed by atoms with E-state index in [0.717, 1.165) is 0 Å². The number of carbonyl (C=O) groups excluding carboxylic acids is 1. The van der Waals surface area contributed by atoms with E-state index in [9.17, 15) is 13.2 Å². The molecule has 0 N–H and O–H groups in total. The predicted molar refractivity (Wildman–Crippen MR) is 125 cm³/mol. The molecule has 0 fully saturated rings. The number of hydrogen-bond acceptors (Lipinski definition) is 8. The van der Waals surface area contributed by atoms with Gasteiger partial charge in [0.2, 0.25) is 15.9 Å². The molecular formula is C26H16N2O6S. The van der Waals surface area contributed by atoms with Crippen LogP contribution in [0, 0.1) is 11.5 Å². The van der Waals surface area contributed by atoms with Crippen LogP contribution in [0.5, 0.6) is 28.7 Å². The highest BCUT2D eigenvalue weighted by Gasteiger charge is 2.18. The Morgan fingerprint density at radius 1 is 0.600 bits per heavy atom. The molecule has 4 rings (SSSR count). The summed E-state index contributed by atoms with van der Waals surface area (Å²) in [5.74, 6) is 2.30. The van der Waals surface area contributed by atoms with E-state index >= 15 is 0 Å². The van der Waals surface area contributed by atoms with Crippen molar-refractivity contribution >= 4 is 21.6 Å². The Morgan fingerprint density at radius 3 is 1.37 bits per heavy atom. The third-order valence-corrected chi connectivity index (χ3v) is 6.52. The van der Waals surface area contributed by atoms with Gasteiger partial charge in [-0.3, -0.25) is 0 Å². The molecule has 9 heteroatoms. The van der Waals surface area contributed by atoms with Crippen molar-refractivity contribution in [2.24, 2.45) is 4.99 Å².